The summed E-state index contributed by atoms with van der Waals surface area (Å²) in [7, 11) is 0. The van der Waals surface area contributed by atoms with Crippen molar-refractivity contribution >= 4 is 5.71 Å². The van der Waals surface area contributed by atoms with Crippen LogP contribution < -0.4 is 5.73 Å². The number of hydrogen-bond acceptors (Lipinski definition) is 3. The summed E-state index contributed by atoms with van der Waals surface area (Å²) in [5.74, 6) is 0. The van der Waals surface area contributed by atoms with E-state index in [-0.39, 0.29) is 6.10 Å². The monoisotopic (exact) mass is 182 g/mol. The first kappa shape index (κ1) is 9.00. The zero-order chi connectivity index (χ0) is 9.31. The highest BCUT2D eigenvalue weighted by Gasteiger charge is 2.38. The lowest BCUT2D eigenvalue weighted by Gasteiger charge is -2.22. The lowest BCUT2D eigenvalue weighted by atomic mass is 9.81. The maximum atomic E-state index is 5.54. The first-order valence-corrected chi connectivity index (χ1v) is 5.18. The largest absolute Gasteiger partial charge is 0.391 e. The summed E-state index contributed by atoms with van der Waals surface area (Å²) in [6, 6.07) is 0. The van der Waals surface area contributed by atoms with Gasteiger partial charge in [0.2, 0.25) is 0 Å². The van der Waals surface area contributed by atoms with Gasteiger partial charge in [-0.1, -0.05) is 24.9 Å². The Labute approximate surface area is 79.3 Å². The lowest BCUT2D eigenvalue weighted by molar-refractivity contribution is 0.0917. The molecule has 1 aliphatic heterocycles. The third kappa shape index (κ3) is 1.57. The average Bonchev–Trinajstić information content (AvgIpc) is 2.72. The minimum absolute atomic E-state index is 0.146. The van der Waals surface area contributed by atoms with Gasteiger partial charge in [-0.05, 0) is 12.8 Å². The molecule has 0 saturated heterocycles. The van der Waals surface area contributed by atoms with Crippen molar-refractivity contribution in [2.24, 2.45) is 16.3 Å². The predicted molar refractivity (Wildman–Crippen MR) is 52.6 cm³/mol. The Kier molecular flexibility index (Phi) is 2.28. The van der Waals surface area contributed by atoms with Crippen molar-refractivity contribution in [1.82, 2.24) is 0 Å². The molecule has 1 fully saturated rings. The molecule has 13 heavy (non-hydrogen) atoms. The summed E-state index contributed by atoms with van der Waals surface area (Å²) in [5, 5.41) is 4.18. The van der Waals surface area contributed by atoms with Crippen LogP contribution in [0, 0.1) is 5.41 Å². The van der Waals surface area contributed by atoms with Crippen LogP contribution in [-0.4, -0.2) is 18.4 Å². The molecule has 2 aliphatic rings. The van der Waals surface area contributed by atoms with Crippen LogP contribution in [0.1, 0.15) is 39.0 Å². The molecule has 0 aromatic heterocycles. The van der Waals surface area contributed by atoms with E-state index in [0.29, 0.717) is 12.0 Å². The smallest absolute Gasteiger partial charge is 0.145 e. The van der Waals surface area contributed by atoms with Crippen molar-refractivity contribution in [2.75, 3.05) is 6.54 Å². The molecule has 0 aromatic rings. The van der Waals surface area contributed by atoms with Crippen molar-refractivity contribution in [3.8, 4) is 0 Å². The zero-order valence-corrected chi connectivity index (χ0v) is 8.25. The number of oxime groups is 1. The second-order valence-corrected chi connectivity index (χ2v) is 4.47. The van der Waals surface area contributed by atoms with E-state index in [1.165, 1.54) is 31.4 Å². The van der Waals surface area contributed by atoms with Gasteiger partial charge in [0.15, 0.2) is 0 Å². The van der Waals surface area contributed by atoms with Crippen molar-refractivity contribution in [2.45, 2.75) is 45.1 Å². The normalized spacial score (nSPS) is 31.5. The van der Waals surface area contributed by atoms with E-state index in [4.69, 9.17) is 10.6 Å². The molecule has 3 heteroatoms. The van der Waals surface area contributed by atoms with E-state index in [1.54, 1.807) is 0 Å². The lowest BCUT2D eigenvalue weighted by Crippen LogP contribution is -2.26. The number of rotatable bonds is 2. The van der Waals surface area contributed by atoms with Crippen LogP contribution in [0.5, 0.6) is 0 Å². The van der Waals surface area contributed by atoms with Crippen LogP contribution >= 0.6 is 0 Å². The van der Waals surface area contributed by atoms with Gasteiger partial charge in [-0.15, -0.1) is 0 Å². The maximum Gasteiger partial charge on any atom is 0.145 e. The van der Waals surface area contributed by atoms with Crippen LogP contribution in [0.3, 0.4) is 0 Å². The van der Waals surface area contributed by atoms with E-state index >= 15 is 0 Å². The van der Waals surface area contributed by atoms with E-state index in [9.17, 15) is 0 Å². The van der Waals surface area contributed by atoms with Gasteiger partial charge in [0.25, 0.3) is 0 Å². The summed E-state index contributed by atoms with van der Waals surface area (Å²) in [6.45, 7) is 2.89. The van der Waals surface area contributed by atoms with E-state index < -0.39 is 0 Å². The fraction of sp³-hybridized carbons (Fsp3) is 0.900. The predicted octanol–water partition coefficient (Wildman–Crippen LogP) is 1.67. The summed E-state index contributed by atoms with van der Waals surface area (Å²) in [4.78, 5) is 5.26. The van der Waals surface area contributed by atoms with Crippen molar-refractivity contribution in [1.29, 1.82) is 0 Å². The van der Waals surface area contributed by atoms with E-state index in [2.05, 4.69) is 12.1 Å². The number of hydrogen-bond donors (Lipinski definition) is 1. The molecule has 0 spiro atoms. The topological polar surface area (TPSA) is 47.6 Å². The molecule has 1 unspecified atom stereocenters. The van der Waals surface area contributed by atoms with Crippen molar-refractivity contribution in [3.05, 3.63) is 0 Å². The second kappa shape index (κ2) is 3.29. The van der Waals surface area contributed by atoms with Crippen molar-refractivity contribution in [3.63, 3.8) is 0 Å². The molecule has 0 aromatic carbocycles. The summed E-state index contributed by atoms with van der Waals surface area (Å²) in [5.41, 5.74) is 7.11. The van der Waals surface area contributed by atoms with Crippen LogP contribution in [0.15, 0.2) is 5.16 Å². The quantitative estimate of drug-likeness (QED) is 0.706. The highest BCUT2D eigenvalue weighted by atomic mass is 16.6. The molecule has 74 valence electrons. The Bertz CT molecular complexity index is 219. The number of nitrogens with zero attached hydrogens (tertiary/aromatic N) is 1. The molecule has 1 atom stereocenters. The molecule has 0 radical (unpaired) electrons. The van der Waals surface area contributed by atoms with Crippen LogP contribution in [0.25, 0.3) is 0 Å². The van der Waals surface area contributed by atoms with E-state index in [0.717, 1.165) is 6.42 Å². The minimum atomic E-state index is 0.146. The summed E-state index contributed by atoms with van der Waals surface area (Å²) in [6.07, 6.45) is 6.31. The minimum Gasteiger partial charge on any atom is -0.391 e. The SMILES string of the molecule is CC1(C2=NOC(CN)C2)CCCC1. The summed E-state index contributed by atoms with van der Waals surface area (Å²) < 4.78 is 0. The zero-order valence-electron chi connectivity index (χ0n) is 8.25. The van der Waals surface area contributed by atoms with Gasteiger partial charge in [-0.2, -0.15) is 0 Å². The third-order valence-corrected chi connectivity index (χ3v) is 3.40. The highest BCUT2D eigenvalue weighted by molar-refractivity contribution is 5.91. The molecule has 1 aliphatic carbocycles. The molecule has 2 N–H and O–H groups in total. The van der Waals surface area contributed by atoms with Gasteiger partial charge in [0.1, 0.15) is 6.10 Å². The first-order valence-electron chi connectivity index (χ1n) is 5.18. The molecule has 1 heterocycles. The van der Waals surface area contributed by atoms with Crippen molar-refractivity contribution < 1.29 is 4.84 Å². The Morgan fingerprint density at radius 2 is 2.23 bits per heavy atom. The van der Waals surface area contributed by atoms with Crippen LogP contribution in [0.4, 0.5) is 0 Å². The van der Waals surface area contributed by atoms with Gasteiger partial charge in [-0.3, -0.25) is 0 Å². The standard InChI is InChI=1S/C10H18N2O/c1-10(4-2-3-5-10)9-6-8(7-11)13-12-9/h8H,2-7,11H2,1H3. The third-order valence-electron chi connectivity index (χ3n) is 3.40. The fourth-order valence-electron chi connectivity index (χ4n) is 2.36. The Morgan fingerprint density at radius 1 is 1.54 bits per heavy atom. The van der Waals surface area contributed by atoms with Crippen LogP contribution in [-0.2, 0) is 4.84 Å². The Morgan fingerprint density at radius 3 is 2.77 bits per heavy atom. The fourth-order valence-corrected chi connectivity index (χ4v) is 2.36. The molecular formula is C10H18N2O. The highest BCUT2D eigenvalue weighted by Crippen LogP contribution is 2.41. The van der Waals surface area contributed by atoms with Gasteiger partial charge in [0.05, 0.1) is 5.71 Å². The number of nitrogens with two attached hydrogens (primary N) is 1. The molecular weight excluding hydrogens is 164 g/mol. The maximum absolute atomic E-state index is 5.54. The summed E-state index contributed by atoms with van der Waals surface area (Å²) >= 11 is 0. The Balaban J connectivity index is 2.02. The molecule has 2 rings (SSSR count). The van der Waals surface area contributed by atoms with E-state index in [1.807, 2.05) is 0 Å². The molecule has 3 nitrogen and oxygen atoms in total. The molecule has 0 bridgehead atoms. The second-order valence-electron chi connectivity index (χ2n) is 4.47. The van der Waals surface area contributed by atoms with Gasteiger partial charge in [-0.25, -0.2) is 0 Å². The average molecular weight is 182 g/mol. The van der Waals surface area contributed by atoms with Crippen LogP contribution in [0.2, 0.25) is 0 Å². The van der Waals surface area contributed by atoms with Gasteiger partial charge in [0, 0.05) is 18.4 Å². The first-order chi connectivity index (χ1) is 6.24. The van der Waals surface area contributed by atoms with Gasteiger partial charge >= 0.3 is 0 Å². The molecule has 1 saturated carbocycles. The Hall–Kier alpha value is -0.570. The van der Waals surface area contributed by atoms with Gasteiger partial charge < -0.3 is 10.6 Å². The molecule has 0 amide bonds.